The van der Waals surface area contributed by atoms with Crippen LogP contribution in [0, 0.1) is 34.5 Å². The number of ether oxygens (including phenoxy) is 3. The second-order valence-corrected chi connectivity index (χ2v) is 9.30. The molecule has 8 atom stereocenters. The Morgan fingerprint density at radius 2 is 1.86 bits per heavy atom. The van der Waals surface area contributed by atoms with E-state index in [9.17, 15) is 14.7 Å². The second-order valence-electron chi connectivity index (χ2n) is 9.30. The molecule has 2 fully saturated rings. The van der Waals surface area contributed by atoms with E-state index in [1.54, 1.807) is 0 Å². The van der Waals surface area contributed by atoms with Gasteiger partial charge in [-0.05, 0) is 42.7 Å². The van der Waals surface area contributed by atoms with Gasteiger partial charge in [-0.3, -0.25) is 9.59 Å². The van der Waals surface area contributed by atoms with Gasteiger partial charge in [0.2, 0.25) is 11.6 Å². The van der Waals surface area contributed by atoms with E-state index < -0.39 is 23.0 Å². The monoisotopic (exact) mass is 390 g/mol. The maximum absolute atomic E-state index is 13.7. The van der Waals surface area contributed by atoms with Crippen LogP contribution in [0.3, 0.4) is 0 Å². The molecule has 1 N–H and O–H groups in total. The zero-order chi connectivity index (χ0) is 20.6. The molecule has 1 saturated heterocycles. The Balaban J connectivity index is 1.97. The van der Waals surface area contributed by atoms with Crippen LogP contribution in [0.1, 0.15) is 40.5 Å². The Hall–Kier alpha value is -1.66. The first kappa shape index (κ1) is 19.6. The first-order valence-electron chi connectivity index (χ1n) is 10.0. The zero-order valence-corrected chi connectivity index (χ0v) is 17.4. The summed E-state index contributed by atoms with van der Waals surface area (Å²) in [4.78, 5) is 27.3. The number of hydrogen-bond acceptors (Lipinski definition) is 6. The first-order chi connectivity index (χ1) is 13.1. The molecule has 154 valence electrons. The summed E-state index contributed by atoms with van der Waals surface area (Å²) >= 11 is 0. The molecule has 0 amide bonds. The van der Waals surface area contributed by atoms with Crippen LogP contribution in [0.2, 0.25) is 0 Å². The SMILES string of the molecule is COC1=C[C@@H](C)[C@@H]2C[C@H]3O[C@H](O)C[C@H]4C(C)=C(OC)C(=O)[C@H]([C@@]2(C)C1=O)[C@@]34C. The van der Waals surface area contributed by atoms with Crippen molar-refractivity contribution in [3.63, 3.8) is 0 Å². The highest BCUT2D eigenvalue weighted by Gasteiger charge is 2.71. The number of rotatable bonds is 2. The summed E-state index contributed by atoms with van der Waals surface area (Å²) < 4.78 is 16.9. The minimum Gasteiger partial charge on any atom is -0.493 e. The molecule has 1 heterocycles. The molecule has 0 unspecified atom stereocenters. The summed E-state index contributed by atoms with van der Waals surface area (Å²) in [5.74, 6) is -0.284. The predicted molar refractivity (Wildman–Crippen MR) is 101 cm³/mol. The molecule has 0 aromatic heterocycles. The highest BCUT2D eigenvalue weighted by atomic mass is 16.6. The van der Waals surface area contributed by atoms with Gasteiger partial charge in [-0.1, -0.05) is 20.8 Å². The average molecular weight is 390 g/mol. The summed E-state index contributed by atoms with van der Waals surface area (Å²) in [6, 6.07) is 0. The molecule has 0 spiro atoms. The maximum atomic E-state index is 13.7. The van der Waals surface area contributed by atoms with Crippen LogP contribution in [-0.2, 0) is 23.8 Å². The van der Waals surface area contributed by atoms with Gasteiger partial charge >= 0.3 is 0 Å². The van der Waals surface area contributed by atoms with Crippen molar-refractivity contribution in [1.29, 1.82) is 0 Å². The van der Waals surface area contributed by atoms with Gasteiger partial charge in [0.05, 0.1) is 20.3 Å². The lowest BCUT2D eigenvalue weighted by Gasteiger charge is -2.65. The van der Waals surface area contributed by atoms with E-state index in [0.29, 0.717) is 24.4 Å². The van der Waals surface area contributed by atoms with Gasteiger partial charge in [-0.2, -0.15) is 0 Å². The Bertz CT molecular complexity index is 797. The van der Waals surface area contributed by atoms with Crippen LogP contribution in [0.5, 0.6) is 0 Å². The van der Waals surface area contributed by atoms with E-state index in [0.717, 1.165) is 5.57 Å². The topological polar surface area (TPSA) is 82.1 Å². The van der Waals surface area contributed by atoms with Gasteiger partial charge in [0.1, 0.15) is 0 Å². The van der Waals surface area contributed by atoms with E-state index in [2.05, 4.69) is 13.8 Å². The van der Waals surface area contributed by atoms with Gasteiger partial charge in [-0.25, -0.2) is 0 Å². The number of hydrogen-bond donors (Lipinski definition) is 1. The molecule has 0 aromatic rings. The Morgan fingerprint density at radius 3 is 2.46 bits per heavy atom. The normalized spacial score (nSPS) is 47.9. The zero-order valence-electron chi connectivity index (χ0n) is 17.4. The molecular formula is C22H30O6. The number of carbonyl (C=O) groups is 2. The molecule has 3 aliphatic carbocycles. The van der Waals surface area contributed by atoms with Gasteiger partial charge in [0.25, 0.3) is 0 Å². The minimum absolute atomic E-state index is 0.0501. The number of carbonyl (C=O) groups excluding carboxylic acids is 2. The number of Topliss-reactive ketones (excluding diaryl/α,β-unsaturated/α-hetero) is 2. The third-order valence-electron chi connectivity index (χ3n) is 8.22. The quantitative estimate of drug-likeness (QED) is 0.781. The van der Waals surface area contributed by atoms with Crippen LogP contribution in [-0.4, -0.2) is 43.3 Å². The highest BCUT2D eigenvalue weighted by Crippen LogP contribution is 2.67. The van der Waals surface area contributed by atoms with E-state index >= 15 is 0 Å². The third-order valence-corrected chi connectivity index (χ3v) is 8.22. The second kappa shape index (κ2) is 6.17. The van der Waals surface area contributed by atoms with E-state index in [1.807, 2.05) is 19.9 Å². The van der Waals surface area contributed by atoms with Crippen LogP contribution >= 0.6 is 0 Å². The molecule has 0 bridgehead atoms. The molecule has 6 nitrogen and oxygen atoms in total. The van der Waals surface area contributed by atoms with Gasteiger partial charge in [0.15, 0.2) is 17.8 Å². The maximum Gasteiger partial charge on any atom is 0.203 e. The molecule has 28 heavy (non-hydrogen) atoms. The lowest BCUT2D eigenvalue weighted by molar-refractivity contribution is -0.272. The Morgan fingerprint density at radius 1 is 1.18 bits per heavy atom. The van der Waals surface area contributed by atoms with Crippen molar-refractivity contribution >= 4 is 11.6 Å². The highest BCUT2D eigenvalue weighted by molar-refractivity contribution is 6.07. The fraction of sp³-hybridized carbons (Fsp3) is 0.727. The number of allylic oxidation sites excluding steroid dienone is 4. The van der Waals surface area contributed by atoms with Crippen molar-refractivity contribution in [3.05, 3.63) is 23.2 Å². The molecule has 4 aliphatic rings. The van der Waals surface area contributed by atoms with Crippen molar-refractivity contribution in [3.8, 4) is 0 Å². The smallest absolute Gasteiger partial charge is 0.203 e. The summed E-state index contributed by atoms with van der Waals surface area (Å²) in [6.07, 6.45) is 1.70. The number of ketones is 2. The van der Waals surface area contributed by atoms with Crippen molar-refractivity contribution in [2.24, 2.45) is 34.5 Å². The van der Waals surface area contributed by atoms with Crippen molar-refractivity contribution in [2.75, 3.05) is 14.2 Å². The molecule has 0 radical (unpaired) electrons. The fourth-order valence-corrected chi connectivity index (χ4v) is 6.96. The Kier molecular flexibility index (Phi) is 4.33. The van der Waals surface area contributed by atoms with Crippen LogP contribution in [0.25, 0.3) is 0 Å². The summed E-state index contributed by atoms with van der Waals surface area (Å²) in [5.41, 5.74) is -0.644. The van der Waals surface area contributed by atoms with Gasteiger partial charge in [-0.15, -0.1) is 0 Å². The van der Waals surface area contributed by atoms with Crippen LogP contribution < -0.4 is 0 Å². The summed E-state index contributed by atoms with van der Waals surface area (Å²) in [7, 11) is 3.00. The van der Waals surface area contributed by atoms with Gasteiger partial charge in [0, 0.05) is 23.2 Å². The molecule has 4 rings (SSSR count). The van der Waals surface area contributed by atoms with Crippen LogP contribution in [0.4, 0.5) is 0 Å². The summed E-state index contributed by atoms with van der Waals surface area (Å²) in [6.45, 7) is 7.93. The van der Waals surface area contributed by atoms with E-state index in [1.165, 1.54) is 14.2 Å². The third kappa shape index (κ3) is 2.16. The number of aliphatic hydroxyl groups excluding tert-OH is 1. The molecule has 0 aromatic carbocycles. The predicted octanol–water partition coefficient (Wildman–Crippen LogP) is 2.61. The van der Waals surface area contributed by atoms with Crippen LogP contribution in [0.15, 0.2) is 23.2 Å². The van der Waals surface area contributed by atoms with Crippen molar-refractivity contribution in [1.82, 2.24) is 0 Å². The lowest BCUT2D eigenvalue weighted by Crippen LogP contribution is -2.69. The standard InChI is InChI=1S/C22H30O6/c1-10-7-14(26-5)20(25)22(4)12(10)8-15-21(3)13(9-16(23)28-15)11(2)18(27-6)17(24)19(21)22/h7,10,12-13,15-16,19,23H,8-9H2,1-6H3/t10-,12+,13+,15-,16+,19+,21-,22+/m1/s1. The minimum atomic E-state index is -0.907. The van der Waals surface area contributed by atoms with Crippen molar-refractivity contribution < 1.29 is 28.9 Å². The average Bonchev–Trinajstić information content (AvgIpc) is 2.63. The molecule has 6 heteroatoms. The lowest BCUT2D eigenvalue weighted by atomic mass is 9.40. The van der Waals surface area contributed by atoms with Gasteiger partial charge < -0.3 is 19.3 Å². The van der Waals surface area contributed by atoms with E-state index in [4.69, 9.17) is 14.2 Å². The number of fused-ring (bicyclic) bond motifs is 2. The largest absolute Gasteiger partial charge is 0.493 e. The molecular weight excluding hydrogens is 360 g/mol. The Labute approximate surface area is 165 Å². The number of aliphatic hydroxyl groups is 1. The fourth-order valence-electron chi connectivity index (χ4n) is 6.96. The number of methoxy groups -OCH3 is 2. The molecule has 1 aliphatic heterocycles. The summed E-state index contributed by atoms with van der Waals surface area (Å²) in [5, 5.41) is 10.4. The molecule has 1 saturated carbocycles. The first-order valence-corrected chi connectivity index (χ1v) is 10.0. The van der Waals surface area contributed by atoms with Crippen molar-refractivity contribution in [2.45, 2.75) is 52.9 Å². The van der Waals surface area contributed by atoms with E-state index in [-0.39, 0.29) is 35.4 Å².